The summed E-state index contributed by atoms with van der Waals surface area (Å²) in [6.45, 7) is 5.70. The zero-order valence-electron chi connectivity index (χ0n) is 6.30. The third-order valence-corrected chi connectivity index (χ3v) is 3.70. The van der Waals surface area contributed by atoms with Crippen LogP contribution in [0.4, 0.5) is 0 Å². The fourth-order valence-corrected chi connectivity index (χ4v) is 2.33. The molecule has 60 valence electrons. The zero-order valence-corrected chi connectivity index (χ0v) is 8.71. The van der Waals surface area contributed by atoms with Crippen molar-refractivity contribution in [2.45, 2.75) is 13.0 Å². The Bertz CT molecular complexity index is 248. The molecule has 0 radical (unpaired) electrons. The number of hydrogen-bond donors (Lipinski definition) is 1. The van der Waals surface area contributed by atoms with Crippen molar-refractivity contribution < 1.29 is 0 Å². The minimum Gasteiger partial charge on any atom is -0.320 e. The zero-order chi connectivity index (χ0) is 8.43. The Morgan fingerprint density at radius 1 is 1.82 bits per heavy atom. The van der Waals surface area contributed by atoms with Gasteiger partial charge in [0.1, 0.15) is 0 Å². The Labute approximate surface area is 79.0 Å². The van der Waals surface area contributed by atoms with Crippen molar-refractivity contribution in [2.75, 3.05) is 0 Å². The summed E-state index contributed by atoms with van der Waals surface area (Å²) in [5, 5.41) is 0. The van der Waals surface area contributed by atoms with Crippen LogP contribution in [0.15, 0.2) is 22.5 Å². The Morgan fingerprint density at radius 3 is 2.82 bits per heavy atom. The second kappa shape index (κ2) is 3.52. The normalized spacial score (nSPS) is 13.0. The predicted octanol–water partition coefficient (Wildman–Crippen LogP) is 3.00. The summed E-state index contributed by atoms with van der Waals surface area (Å²) in [5.74, 6) is 0. The number of nitrogens with two attached hydrogens (primary N) is 1. The Morgan fingerprint density at radius 2 is 2.45 bits per heavy atom. The minimum absolute atomic E-state index is 0.0231. The lowest BCUT2D eigenvalue weighted by Crippen LogP contribution is -2.03. The Hall–Kier alpha value is -0.120. The summed E-state index contributed by atoms with van der Waals surface area (Å²) < 4.78 is 1.16. The molecule has 2 N–H and O–H groups in total. The molecule has 11 heavy (non-hydrogen) atoms. The quantitative estimate of drug-likeness (QED) is 0.779. The van der Waals surface area contributed by atoms with E-state index < -0.39 is 0 Å². The maximum atomic E-state index is 5.75. The predicted molar refractivity (Wildman–Crippen MR) is 53.9 cm³/mol. The van der Waals surface area contributed by atoms with Gasteiger partial charge in [-0.15, -0.1) is 17.9 Å². The first-order valence-electron chi connectivity index (χ1n) is 3.29. The largest absolute Gasteiger partial charge is 0.320 e. The van der Waals surface area contributed by atoms with Crippen LogP contribution >= 0.6 is 27.3 Å². The lowest BCUT2D eigenvalue weighted by atomic mass is 10.2. The molecule has 0 fully saturated rings. The molecule has 0 aliphatic rings. The van der Waals surface area contributed by atoms with E-state index in [4.69, 9.17) is 5.73 Å². The molecule has 1 rings (SSSR count). The van der Waals surface area contributed by atoms with Crippen molar-refractivity contribution in [1.29, 1.82) is 0 Å². The fraction of sp³-hybridized carbons (Fsp3) is 0.250. The van der Waals surface area contributed by atoms with E-state index in [0.29, 0.717) is 0 Å². The van der Waals surface area contributed by atoms with Gasteiger partial charge in [-0.25, -0.2) is 0 Å². The highest BCUT2D eigenvalue weighted by molar-refractivity contribution is 9.11. The van der Waals surface area contributed by atoms with E-state index in [1.165, 1.54) is 5.56 Å². The van der Waals surface area contributed by atoms with Gasteiger partial charge in [0.05, 0.1) is 9.83 Å². The Balaban J connectivity index is 2.96. The van der Waals surface area contributed by atoms with Crippen molar-refractivity contribution in [3.8, 4) is 0 Å². The van der Waals surface area contributed by atoms with Gasteiger partial charge in [0.25, 0.3) is 0 Å². The number of halogens is 1. The average Bonchev–Trinajstić information content (AvgIpc) is 2.31. The van der Waals surface area contributed by atoms with Crippen LogP contribution in [0.2, 0.25) is 0 Å². The van der Waals surface area contributed by atoms with Crippen LogP contribution in [0.1, 0.15) is 16.5 Å². The second-order valence-electron chi connectivity index (χ2n) is 2.37. The Kier molecular flexibility index (Phi) is 2.87. The minimum atomic E-state index is -0.0231. The van der Waals surface area contributed by atoms with Gasteiger partial charge in [-0.2, -0.15) is 0 Å². The van der Waals surface area contributed by atoms with E-state index in [0.717, 1.165) is 8.66 Å². The molecule has 1 nitrogen and oxygen atoms in total. The fourth-order valence-electron chi connectivity index (χ4n) is 0.764. The average molecular weight is 232 g/mol. The maximum Gasteiger partial charge on any atom is 0.0731 e. The smallest absolute Gasteiger partial charge is 0.0731 e. The van der Waals surface area contributed by atoms with Gasteiger partial charge in [-0.1, -0.05) is 6.08 Å². The molecule has 0 bridgehead atoms. The van der Waals surface area contributed by atoms with Gasteiger partial charge < -0.3 is 5.73 Å². The van der Waals surface area contributed by atoms with Crippen molar-refractivity contribution in [1.82, 2.24) is 0 Å². The van der Waals surface area contributed by atoms with Crippen molar-refractivity contribution in [2.24, 2.45) is 5.73 Å². The molecule has 0 aromatic carbocycles. The highest BCUT2D eigenvalue weighted by atomic mass is 79.9. The molecule has 0 amide bonds. The first-order valence-corrected chi connectivity index (χ1v) is 4.90. The van der Waals surface area contributed by atoms with Gasteiger partial charge in [0.15, 0.2) is 0 Å². The molecule has 1 atom stereocenters. The number of rotatable bonds is 2. The van der Waals surface area contributed by atoms with Crippen molar-refractivity contribution >= 4 is 27.3 Å². The van der Waals surface area contributed by atoms with Gasteiger partial charge >= 0.3 is 0 Å². The molecule has 1 heterocycles. The summed E-state index contributed by atoms with van der Waals surface area (Å²) >= 11 is 5.11. The van der Waals surface area contributed by atoms with Crippen LogP contribution in [-0.4, -0.2) is 0 Å². The van der Waals surface area contributed by atoms with Gasteiger partial charge in [-0.05, 0) is 34.5 Å². The molecule has 0 unspecified atom stereocenters. The highest BCUT2D eigenvalue weighted by Crippen LogP contribution is 2.30. The van der Waals surface area contributed by atoms with E-state index >= 15 is 0 Å². The van der Waals surface area contributed by atoms with Gasteiger partial charge in [0.2, 0.25) is 0 Å². The summed E-state index contributed by atoms with van der Waals surface area (Å²) in [7, 11) is 0. The first kappa shape index (κ1) is 8.97. The van der Waals surface area contributed by atoms with E-state index in [1.54, 1.807) is 17.4 Å². The molecule has 1 aromatic heterocycles. The SMILES string of the molecule is C=C[C@@H](N)c1cc(C)c(Br)s1. The topological polar surface area (TPSA) is 26.0 Å². The van der Waals surface area contributed by atoms with Crippen LogP contribution in [0.3, 0.4) is 0 Å². The number of thiophene rings is 1. The summed E-state index contributed by atoms with van der Waals surface area (Å²) in [6.07, 6.45) is 1.75. The third kappa shape index (κ3) is 1.92. The van der Waals surface area contributed by atoms with E-state index in [2.05, 4.69) is 35.5 Å². The van der Waals surface area contributed by atoms with Gasteiger partial charge in [-0.3, -0.25) is 0 Å². The van der Waals surface area contributed by atoms with E-state index in [-0.39, 0.29) is 6.04 Å². The lowest BCUT2D eigenvalue weighted by molar-refractivity contribution is 0.939. The first-order chi connectivity index (χ1) is 5.15. The third-order valence-electron chi connectivity index (χ3n) is 1.46. The molecule has 0 aliphatic heterocycles. The van der Waals surface area contributed by atoms with Crippen LogP contribution in [0.25, 0.3) is 0 Å². The highest BCUT2D eigenvalue weighted by Gasteiger charge is 2.06. The molecule has 0 spiro atoms. The lowest BCUT2D eigenvalue weighted by Gasteiger charge is -1.99. The van der Waals surface area contributed by atoms with Gasteiger partial charge in [0, 0.05) is 4.88 Å². The molecule has 0 saturated carbocycles. The molecule has 1 aromatic rings. The summed E-state index contributed by atoms with van der Waals surface area (Å²) in [6, 6.07) is 2.06. The summed E-state index contributed by atoms with van der Waals surface area (Å²) in [4.78, 5) is 1.16. The van der Waals surface area contributed by atoms with Crippen molar-refractivity contribution in [3.63, 3.8) is 0 Å². The van der Waals surface area contributed by atoms with Crippen LogP contribution in [0.5, 0.6) is 0 Å². The van der Waals surface area contributed by atoms with Crippen molar-refractivity contribution in [3.05, 3.63) is 32.9 Å². The number of hydrogen-bond acceptors (Lipinski definition) is 2. The number of aryl methyl sites for hydroxylation is 1. The molecule has 0 aliphatic carbocycles. The van der Waals surface area contributed by atoms with Crippen LogP contribution in [0, 0.1) is 6.92 Å². The maximum absolute atomic E-state index is 5.75. The van der Waals surface area contributed by atoms with E-state index in [9.17, 15) is 0 Å². The van der Waals surface area contributed by atoms with E-state index in [1.807, 2.05) is 0 Å². The monoisotopic (exact) mass is 231 g/mol. The molecular weight excluding hydrogens is 222 g/mol. The van der Waals surface area contributed by atoms with Crippen LogP contribution in [-0.2, 0) is 0 Å². The molecular formula is C8H10BrNS. The standard InChI is InChI=1S/C8H10BrNS/c1-3-6(10)7-4-5(2)8(9)11-7/h3-4,6H,1,10H2,2H3/t6-/m1/s1. The molecule has 3 heteroatoms. The summed E-state index contributed by atoms with van der Waals surface area (Å²) in [5.41, 5.74) is 6.99. The second-order valence-corrected chi connectivity index (χ2v) is 4.77. The molecule has 0 saturated heterocycles. The van der Waals surface area contributed by atoms with Crippen LogP contribution < -0.4 is 5.73 Å².